The van der Waals surface area contributed by atoms with E-state index in [0.29, 0.717) is 12.6 Å². The van der Waals surface area contributed by atoms with Gasteiger partial charge in [0.05, 0.1) is 0 Å². The largest absolute Gasteiger partial charge is 0.372 e. The molecule has 1 saturated heterocycles. The van der Waals surface area contributed by atoms with Gasteiger partial charge in [0, 0.05) is 12.6 Å². The Morgan fingerprint density at radius 2 is 2.24 bits per heavy atom. The number of amides is 1. The molecule has 0 bridgehead atoms. The molecular weight excluding hydrogens is 216 g/mol. The van der Waals surface area contributed by atoms with Gasteiger partial charge in [0.15, 0.2) is 0 Å². The molecule has 0 radical (unpaired) electrons. The first kappa shape index (κ1) is 14.5. The van der Waals surface area contributed by atoms with Gasteiger partial charge in [-0.1, -0.05) is 13.8 Å². The zero-order valence-corrected chi connectivity index (χ0v) is 11.1. The molecule has 0 aromatic rings. The highest BCUT2D eigenvalue weighted by Crippen LogP contribution is 2.11. The van der Waals surface area contributed by atoms with Crippen LogP contribution in [-0.4, -0.2) is 38.3 Å². The van der Waals surface area contributed by atoms with Crippen molar-refractivity contribution in [1.82, 2.24) is 10.6 Å². The maximum Gasteiger partial charge on any atom is 0.246 e. The maximum absolute atomic E-state index is 11.5. The summed E-state index contributed by atoms with van der Waals surface area (Å²) < 4.78 is 5.41. The van der Waals surface area contributed by atoms with Crippen LogP contribution in [0.25, 0.3) is 0 Å². The first-order valence-corrected chi connectivity index (χ1v) is 6.84. The SMILES string of the molecule is CCC(CC)NC(=O)COCCC1CCNC1. The highest BCUT2D eigenvalue weighted by atomic mass is 16.5. The van der Waals surface area contributed by atoms with Crippen LogP contribution >= 0.6 is 0 Å². The first-order valence-electron chi connectivity index (χ1n) is 6.84. The molecule has 0 aromatic heterocycles. The minimum atomic E-state index is 0.0169. The standard InChI is InChI=1S/C13H26N2O2/c1-3-12(4-2)15-13(16)10-17-8-6-11-5-7-14-9-11/h11-12,14H,3-10H2,1-2H3,(H,15,16). The number of hydrogen-bond donors (Lipinski definition) is 2. The summed E-state index contributed by atoms with van der Waals surface area (Å²) in [7, 11) is 0. The molecule has 0 spiro atoms. The van der Waals surface area contributed by atoms with Crippen molar-refractivity contribution in [2.75, 3.05) is 26.3 Å². The number of ether oxygens (including phenoxy) is 1. The summed E-state index contributed by atoms with van der Waals surface area (Å²) in [6.07, 6.45) is 4.26. The number of hydrogen-bond acceptors (Lipinski definition) is 3. The van der Waals surface area contributed by atoms with Crippen LogP contribution in [0.5, 0.6) is 0 Å². The lowest BCUT2D eigenvalue weighted by atomic mass is 10.1. The van der Waals surface area contributed by atoms with Gasteiger partial charge >= 0.3 is 0 Å². The zero-order valence-electron chi connectivity index (χ0n) is 11.1. The summed E-state index contributed by atoms with van der Waals surface area (Å²) in [6, 6.07) is 0.296. The Morgan fingerprint density at radius 3 is 2.82 bits per heavy atom. The van der Waals surface area contributed by atoms with Crippen LogP contribution in [0.4, 0.5) is 0 Å². The topological polar surface area (TPSA) is 50.4 Å². The summed E-state index contributed by atoms with van der Waals surface area (Å²) in [5.74, 6) is 0.750. The average Bonchev–Trinajstić information content (AvgIpc) is 2.84. The molecule has 0 aromatic carbocycles. The molecule has 1 unspecified atom stereocenters. The predicted octanol–water partition coefficient (Wildman–Crippen LogP) is 1.31. The quantitative estimate of drug-likeness (QED) is 0.631. The Hall–Kier alpha value is -0.610. The number of carbonyl (C=O) groups is 1. The second kappa shape index (κ2) is 8.48. The van der Waals surface area contributed by atoms with Crippen molar-refractivity contribution in [2.45, 2.75) is 45.6 Å². The van der Waals surface area contributed by atoms with Crippen molar-refractivity contribution in [1.29, 1.82) is 0 Å². The molecular formula is C13H26N2O2. The zero-order chi connectivity index (χ0) is 12.5. The summed E-state index contributed by atoms with van der Waals surface area (Å²) in [5.41, 5.74) is 0. The van der Waals surface area contributed by atoms with E-state index >= 15 is 0 Å². The second-order valence-electron chi connectivity index (χ2n) is 4.78. The van der Waals surface area contributed by atoms with E-state index < -0.39 is 0 Å². The summed E-state index contributed by atoms with van der Waals surface area (Å²) in [4.78, 5) is 11.5. The molecule has 1 fully saturated rings. The van der Waals surface area contributed by atoms with Gasteiger partial charge in [-0.15, -0.1) is 0 Å². The third kappa shape index (κ3) is 6.03. The van der Waals surface area contributed by atoms with Crippen LogP contribution in [0, 0.1) is 5.92 Å². The Morgan fingerprint density at radius 1 is 1.47 bits per heavy atom. The van der Waals surface area contributed by atoms with Crippen LogP contribution in [0.15, 0.2) is 0 Å². The minimum Gasteiger partial charge on any atom is -0.372 e. The van der Waals surface area contributed by atoms with Crippen molar-refractivity contribution >= 4 is 5.91 Å². The van der Waals surface area contributed by atoms with Gasteiger partial charge in [-0.05, 0) is 44.7 Å². The van der Waals surface area contributed by atoms with Crippen molar-refractivity contribution in [3.8, 4) is 0 Å². The van der Waals surface area contributed by atoms with Crippen molar-refractivity contribution in [2.24, 2.45) is 5.92 Å². The van der Waals surface area contributed by atoms with Gasteiger partial charge < -0.3 is 15.4 Å². The molecule has 1 amide bonds. The van der Waals surface area contributed by atoms with Gasteiger partial charge in [-0.25, -0.2) is 0 Å². The summed E-state index contributed by atoms with van der Waals surface area (Å²) in [6.45, 7) is 7.30. The van der Waals surface area contributed by atoms with Crippen molar-refractivity contribution in [3.63, 3.8) is 0 Å². The molecule has 1 atom stereocenters. The second-order valence-corrected chi connectivity index (χ2v) is 4.78. The number of rotatable bonds is 8. The molecule has 1 heterocycles. The molecule has 4 heteroatoms. The van der Waals surface area contributed by atoms with E-state index in [1.54, 1.807) is 0 Å². The predicted molar refractivity (Wildman–Crippen MR) is 68.9 cm³/mol. The molecule has 0 saturated carbocycles. The van der Waals surface area contributed by atoms with E-state index in [4.69, 9.17) is 4.74 Å². The van der Waals surface area contributed by atoms with Gasteiger partial charge in [-0.3, -0.25) is 4.79 Å². The van der Waals surface area contributed by atoms with Gasteiger partial charge in [0.25, 0.3) is 0 Å². The fraction of sp³-hybridized carbons (Fsp3) is 0.923. The molecule has 2 N–H and O–H groups in total. The summed E-state index contributed by atoms with van der Waals surface area (Å²) >= 11 is 0. The molecule has 100 valence electrons. The van der Waals surface area contributed by atoms with E-state index in [0.717, 1.165) is 38.3 Å². The van der Waals surface area contributed by atoms with Crippen LogP contribution in [0.1, 0.15) is 39.5 Å². The Kier molecular flexibility index (Phi) is 7.21. The van der Waals surface area contributed by atoms with Gasteiger partial charge in [0.2, 0.25) is 5.91 Å². The fourth-order valence-corrected chi connectivity index (χ4v) is 2.14. The number of carbonyl (C=O) groups excluding carboxylic acids is 1. The van der Waals surface area contributed by atoms with Crippen LogP contribution in [0.3, 0.4) is 0 Å². The molecule has 1 aliphatic heterocycles. The monoisotopic (exact) mass is 242 g/mol. The van der Waals surface area contributed by atoms with Crippen molar-refractivity contribution in [3.05, 3.63) is 0 Å². The highest BCUT2D eigenvalue weighted by Gasteiger charge is 2.14. The normalized spacial score (nSPS) is 19.8. The van der Waals surface area contributed by atoms with E-state index in [2.05, 4.69) is 24.5 Å². The van der Waals surface area contributed by atoms with E-state index in [9.17, 15) is 4.79 Å². The van der Waals surface area contributed by atoms with Gasteiger partial charge in [0.1, 0.15) is 6.61 Å². The number of nitrogens with one attached hydrogen (secondary N) is 2. The van der Waals surface area contributed by atoms with Crippen LogP contribution < -0.4 is 10.6 Å². The lowest BCUT2D eigenvalue weighted by Gasteiger charge is -2.15. The lowest BCUT2D eigenvalue weighted by molar-refractivity contribution is -0.126. The lowest BCUT2D eigenvalue weighted by Crippen LogP contribution is -2.36. The van der Waals surface area contributed by atoms with E-state index in [1.165, 1.54) is 6.42 Å². The third-order valence-corrected chi connectivity index (χ3v) is 3.42. The Labute approximate surface area is 104 Å². The molecule has 0 aliphatic carbocycles. The van der Waals surface area contributed by atoms with Crippen LogP contribution in [0.2, 0.25) is 0 Å². The Bertz CT molecular complexity index is 211. The summed E-state index contributed by atoms with van der Waals surface area (Å²) in [5, 5.41) is 6.30. The molecule has 1 aliphatic rings. The van der Waals surface area contributed by atoms with E-state index in [1.807, 2.05) is 0 Å². The fourth-order valence-electron chi connectivity index (χ4n) is 2.14. The highest BCUT2D eigenvalue weighted by molar-refractivity contribution is 5.77. The first-order chi connectivity index (χ1) is 8.26. The minimum absolute atomic E-state index is 0.0169. The Balaban J connectivity index is 1.99. The van der Waals surface area contributed by atoms with E-state index in [-0.39, 0.29) is 12.5 Å². The molecule has 1 rings (SSSR count). The smallest absolute Gasteiger partial charge is 0.246 e. The van der Waals surface area contributed by atoms with Crippen molar-refractivity contribution < 1.29 is 9.53 Å². The molecule has 17 heavy (non-hydrogen) atoms. The third-order valence-electron chi connectivity index (χ3n) is 3.42. The van der Waals surface area contributed by atoms with Crippen LogP contribution in [-0.2, 0) is 9.53 Å². The maximum atomic E-state index is 11.5. The average molecular weight is 242 g/mol. The molecule has 4 nitrogen and oxygen atoms in total. The van der Waals surface area contributed by atoms with Gasteiger partial charge in [-0.2, -0.15) is 0 Å².